The van der Waals surface area contributed by atoms with Crippen LogP contribution >= 0.6 is 11.3 Å². The van der Waals surface area contributed by atoms with Crippen molar-refractivity contribution in [2.75, 3.05) is 32.7 Å². The number of hydrogen-bond acceptors (Lipinski definition) is 5. The van der Waals surface area contributed by atoms with E-state index in [1.807, 2.05) is 30.2 Å². The second kappa shape index (κ2) is 8.21. The average Bonchev–Trinajstić information content (AvgIpc) is 3.01. The first-order valence-electron chi connectivity index (χ1n) is 8.26. The lowest BCUT2D eigenvalue weighted by atomic mass is 10.2. The van der Waals surface area contributed by atoms with Crippen LogP contribution < -0.4 is 5.32 Å². The Balaban J connectivity index is 1.37. The lowest BCUT2D eigenvalue weighted by Gasteiger charge is -2.34. The summed E-state index contributed by atoms with van der Waals surface area (Å²) in [5.74, 6) is 0. The SMILES string of the molecule is Cc1nc(CN2CCN(C(=O)NCCc3cccnc3)CC2)cs1. The summed E-state index contributed by atoms with van der Waals surface area (Å²) in [7, 11) is 0. The second-order valence-electron chi connectivity index (χ2n) is 5.96. The van der Waals surface area contributed by atoms with Gasteiger partial charge in [-0.3, -0.25) is 9.88 Å². The van der Waals surface area contributed by atoms with E-state index >= 15 is 0 Å². The van der Waals surface area contributed by atoms with Crippen LogP contribution in [0.4, 0.5) is 4.79 Å². The molecule has 24 heavy (non-hydrogen) atoms. The van der Waals surface area contributed by atoms with Gasteiger partial charge in [-0.1, -0.05) is 6.07 Å². The third-order valence-corrected chi connectivity index (χ3v) is 4.95. The van der Waals surface area contributed by atoms with E-state index in [0.717, 1.165) is 55.4 Å². The number of nitrogens with zero attached hydrogens (tertiary/aromatic N) is 4. The summed E-state index contributed by atoms with van der Waals surface area (Å²) in [6, 6.07) is 3.97. The molecular formula is C17H23N5OS. The average molecular weight is 345 g/mol. The quantitative estimate of drug-likeness (QED) is 0.899. The normalized spacial score (nSPS) is 15.5. The lowest BCUT2D eigenvalue weighted by molar-refractivity contribution is 0.134. The van der Waals surface area contributed by atoms with Crippen molar-refractivity contribution in [2.45, 2.75) is 19.9 Å². The zero-order valence-electron chi connectivity index (χ0n) is 13.9. The number of pyridine rings is 1. The van der Waals surface area contributed by atoms with Gasteiger partial charge in [-0.2, -0.15) is 0 Å². The molecule has 0 aromatic carbocycles. The van der Waals surface area contributed by atoms with E-state index in [-0.39, 0.29) is 6.03 Å². The molecule has 0 aliphatic carbocycles. The highest BCUT2D eigenvalue weighted by Gasteiger charge is 2.21. The minimum absolute atomic E-state index is 0.0306. The maximum atomic E-state index is 12.2. The van der Waals surface area contributed by atoms with Crippen LogP contribution in [0.2, 0.25) is 0 Å². The largest absolute Gasteiger partial charge is 0.338 e. The van der Waals surface area contributed by atoms with Crippen molar-refractivity contribution in [1.82, 2.24) is 25.1 Å². The number of carbonyl (C=O) groups is 1. The van der Waals surface area contributed by atoms with Gasteiger partial charge in [-0.25, -0.2) is 9.78 Å². The summed E-state index contributed by atoms with van der Waals surface area (Å²) >= 11 is 1.69. The highest BCUT2D eigenvalue weighted by Crippen LogP contribution is 2.12. The van der Waals surface area contributed by atoms with Crippen molar-refractivity contribution >= 4 is 17.4 Å². The van der Waals surface area contributed by atoms with E-state index < -0.39 is 0 Å². The fraction of sp³-hybridized carbons (Fsp3) is 0.471. The molecule has 1 fully saturated rings. The number of rotatable bonds is 5. The molecule has 2 amide bonds. The molecule has 1 saturated heterocycles. The molecule has 128 valence electrons. The standard InChI is InChI=1S/C17H23N5OS/c1-14-20-16(13-24-14)12-21-7-9-22(10-8-21)17(23)19-6-4-15-3-2-5-18-11-15/h2-3,5,11,13H,4,6-10,12H2,1H3,(H,19,23). The number of carbonyl (C=O) groups excluding carboxylic acids is 1. The third kappa shape index (κ3) is 4.75. The van der Waals surface area contributed by atoms with Crippen LogP contribution in [-0.4, -0.2) is 58.5 Å². The third-order valence-electron chi connectivity index (χ3n) is 4.12. The van der Waals surface area contributed by atoms with Crippen LogP contribution in [0.3, 0.4) is 0 Å². The number of nitrogens with one attached hydrogen (secondary N) is 1. The van der Waals surface area contributed by atoms with Crippen molar-refractivity contribution in [3.63, 3.8) is 0 Å². The molecule has 2 aromatic heterocycles. The summed E-state index contributed by atoms with van der Waals surface area (Å²) in [6.07, 6.45) is 4.41. The molecule has 6 nitrogen and oxygen atoms in total. The molecule has 7 heteroatoms. The van der Waals surface area contributed by atoms with Gasteiger partial charge in [-0.15, -0.1) is 11.3 Å². The summed E-state index contributed by atoms with van der Waals surface area (Å²) in [5.41, 5.74) is 2.27. The summed E-state index contributed by atoms with van der Waals surface area (Å²) in [5, 5.41) is 6.22. The number of aromatic nitrogens is 2. The zero-order valence-corrected chi connectivity index (χ0v) is 14.8. The van der Waals surface area contributed by atoms with Gasteiger partial charge in [0.15, 0.2) is 0 Å². The van der Waals surface area contributed by atoms with Gasteiger partial charge in [0.2, 0.25) is 0 Å². The minimum atomic E-state index is 0.0306. The van der Waals surface area contributed by atoms with Crippen LogP contribution in [0.5, 0.6) is 0 Å². The summed E-state index contributed by atoms with van der Waals surface area (Å²) in [6.45, 7) is 6.87. The predicted molar refractivity (Wildman–Crippen MR) is 95.0 cm³/mol. The second-order valence-corrected chi connectivity index (χ2v) is 7.03. The molecular weight excluding hydrogens is 322 g/mol. The van der Waals surface area contributed by atoms with Gasteiger partial charge in [0.1, 0.15) is 0 Å². The van der Waals surface area contributed by atoms with Gasteiger partial charge < -0.3 is 10.2 Å². The molecule has 1 aliphatic rings. The van der Waals surface area contributed by atoms with E-state index in [9.17, 15) is 4.79 Å². The molecule has 2 aromatic rings. The lowest BCUT2D eigenvalue weighted by Crippen LogP contribution is -2.51. The topological polar surface area (TPSA) is 61.4 Å². The molecule has 0 radical (unpaired) electrons. The number of aryl methyl sites for hydroxylation is 1. The number of amides is 2. The Hall–Kier alpha value is -1.99. The number of thiazole rings is 1. The van der Waals surface area contributed by atoms with E-state index in [1.54, 1.807) is 17.5 Å². The van der Waals surface area contributed by atoms with E-state index in [0.29, 0.717) is 6.54 Å². The smallest absolute Gasteiger partial charge is 0.317 e. The Morgan fingerprint density at radius 2 is 2.17 bits per heavy atom. The van der Waals surface area contributed by atoms with Crippen LogP contribution in [0.25, 0.3) is 0 Å². The van der Waals surface area contributed by atoms with E-state index in [1.165, 1.54) is 0 Å². The maximum Gasteiger partial charge on any atom is 0.317 e. The van der Waals surface area contributed by atoms with Crippen LogP contribution in [0.15, 0.2) is 29.9 Å². The molecule has 0 unspecified atom stereocenters. The first kappa shape index (κ1) is 16.9. The number of hydrogen-bond donors (Lipinski definition) is 1. The van der Waals surface area contributed by atoms with Crippen LogP contribution in [-0.2, 0) is 13.0 Å². The Labute approximate surface area is 146 Å². The molecule has 3 rings (SSSR count). The first-order chi connectivity index (χ1) is 11.7. The van der Waals surface area contributed by atoms with Crippen LogP contribution in [0.1, 0.15) is 16.3 Å². The molecule has 1 aliphatic heterocycles. The maximum absolute atomic E-state index is 12.2. The van der Waals surface area contributed by atoms with E-state index in [2.05, 4.69) is 25.6 Å². The summed E-state index contributed by atoms with van der Waals surface area (Å²) < 4.78 is 0. The monoisotopic (exact) mass is 345 g/mol. The van der Waals surface area contributed by atoms with Gasteiger partial charge in [0.05, 0.1) is 10.7 Å². The van der Waals surface area contributed by atoms with Crippen molar-refractivity contribution in [2.24, 2.45) is 0 Å². The van der Waals surface area contributed by atoms with Gasteiger partial charge >= 0.3 is 6.03 Å². The van der Waals surface area contributed by atoms with Crippen molar-refractivity contribution in [3.8, 4) is 0 Å². The Morgan fingerprint density at radius 3 is 2.83 bits per heavy atom. The Morgan fingerprint density at radius 1 is 1.33 bits per heavy atom. The highest BCUT2D eigenvalue weighted by molar-refractivity contribution is 7.09. The fourth-order valence-corrected chi connectivity index (χ4v) is 3.39. The van der Waals surface area contributed by atoms with Crippen molar-refractivity contribution < 1.29 is 4.79 Å². The Kier molecular flexibility index (Phi) is 5.77. The van der Waals surface area contributed by atoms with E-state index in [4.69, 9.17) is 0 Å². The molecule has 0 saturated carbocycles. The number of piperazine rings is 1. The highest BCUT2D eigenvalue weighted by atomic mass is 32.1. The molecule has 0 bridgehead atoms. The first-order valence-corrected chi connectivity index (χ1v) is 9.14. The molecule has 0 spiro atoms. The van der Waals surface area contributed by atoms with Crippen molar-refractivity contribution in [1.29, 1.82) is 0 Å². The fourth-order valence-electron chi connectivity index (χ4n) is 2.79. The van der Waals surface area contributed by atoms with Gasteiger partial charge in [-0.05, 0) is 25.0 Å². The van der Waals surface area contributed by atoms with Gasteiger partial charge in [0.25, 0.3) is 0 Å². The molecule has 3 heterocycles. The molecule has 0 atom stereocenters. The predicted octanol–water partition coefficient (Wildman–Crippen LogP) is 1.92. The van der Waals surface area contributed by atoms with Crippen molar-refractivity contribution in [3.05, 3.63) is 46.2 Å². The molecule has 1 N–H and O–H groups in total. The zero-order chi connectivity index (χ0) is 16.8. The van der Waals surface area contributed by atoms with Crippen LogP contribution in [0, 0.1) is 6.92 Å². The summed E-state index contributed by atoms with van der Waals surface area (Å²) in [4.78, 5) is 25.1. The Bertz CT molecular complexity index is 652. The van der Waals surface area contributed by atoms with Gasteiger partial charge in [0, 0.05) is 57.0 Å². The number of urea groups is 1. The minimum Gasteiger partial charge on any atom is -0.338 e.